The van der Waals surface area contributed by atoms with Crippen LogP contribution in [0.1, 0.15) is 56.3 Å². The number of nitrogens with one attached hydrogen (secondary N) is 2. The molecular formula is C20H31N5. The van der Waals surface area contributed by atoms with Gasteiger partial charge in [0.15, 0.2) is 5.96 Å². The molecule has 0 amide bonds. The van der Waals surface area contributed by atoms with E-state index in [0.29, 0.717) is 6.54 Å². The number of aliphatic imine (C=N–C) groups is 1. The summed E-state index contributed by atoms with van der Waals surface area (Å²) in [6.07, 6.45) is 1.90. The number of guanidine groups is 1. The molecule has 5 heteroatoms. The van der Waals surface area contributed by atoms with E-state index in [0.717, 1.165) is 31.0 Å². The quantitative estimate of drug-likeness (QED) is 0.600. The zero-order valence-corrected chi connectivity index (χ0v) is 16.1. The van der Waals surface area contributed by atoms with Crippen LogP contribution in [0.2, 0.25) is 0 Å². The van der Waals surface area contributed by atoms with Gasteiger partial charge >= 0.3 is 0 Å². The number of benzene rings is 1. The molecule has 0 saturated heterocycles. The summed E-state index contributed by atoms with van der Waals surface area (Å²) in [5, 5.41) is 11.5. The van der Waals surface area contributed by atoms with Gasteiger partial charge in [-0.2, -0.15) is 5.10 Å². The average molecular weight is 342 g/mol. The molecule has 25 heavy (non-hydrogen) atoms. The maximum absolute atomic E-state index is 4.82. The van der Waals surface area contributed by atoms with E-state index in [-0.39, 0.29) is 6.04 Å². The van der Waals surface area contributed by atoms with Gasteiger partial charge in [0.2, 0.25) is 0 Å². The molecule has 2 rings (SSSR count). The molecule has 1 aromatic heterocycles. The summed E-state index contributed by atoms with van der Waals surface area (Å²) in [6.45, 7) is 10.0. The standard InChI is InChI=1S/C20H31N5/c1-6-18-17(19(7-2)25(5)24-18)14-22-20(21-8-3)23-15(4)16-12-10-9-11-13-16/h9-13,15H,6-8,14H2,1-5H3,(H2,21,22,23). The third-order valence-electron chi connectivity index (χ3n) is 4.42. The molecule has 1 heterocycles. The Balaban J connectivity index is 2.17. The van der Waals surface area contributed by atoms with Gasteiger partial charge in [0.1, 0.15) is 0 Å². The predicted octanol–water partition coefficient (Wildman–Crippen LogP) is 3.36. The van der Waals surface area contributed by atoms with Crippen molar-refractivity contribution in [1.82, 2.24) is 20.4 Å². The largest absolute Gasteiger partial charge is 0.357 e. The summed E-state index contributed by atoms with van der Waals surface area (Å²) >= 11 is 0. The fourth-order valence-corrected chi connectivity index (χ4v) is 3.08. The van der Waals surface area contributed by atoms with E-state index in [2.05, 4.69) is 67.7 Å². The first-order chi connectivity index (χ1) is 12.1. The highest BCUT2D eigenvalue weighted by atomic mass is 15.3. The summed E-state index contributed by atoms with van der Waals surface area (Å²) in [7, 11) is 2.02. The monoisotopic (exact) mass is 341 g/mol. The molecular weight excluding hydrogens is 310 g/mol. The molecule has 1 unspecified atom stereocenters. The van der Waals surface area contributed by atoms with E-state index in [1.54, 1.807) is 0 Å². The van der Waals surface area contributed by atoms with Crippen molar-refractivity contribution < 1.29 is 0 Å². The second kappa shape index (κ2) is 9.25. The molecule has 2 aromatic rings. The van der Waals surface area contributed by atoms with E-state index in [9.17, 15) is 0 Å². The molecule has 0 aliphatic heterocycles. The topological polar surface area (TPSA) is 54.2 Å². The fraction of sp³-hybridized carbons (Fsp3) is 0.500. The van der Waals surface area contributed by atoms with Gasteiger partial charge in [0, 0.05) is 24.8 Å². The number of aryl methyl sites for hydroxylation is 2. The van der Waals surface area contributed by atoms with Crippen LogP contribution >= 0.6 is 0 Å². The van der Waals surface area contributed by atoms with Gasteiger partial charge in [-0.25, -0.2) is 4.99 Å². The Morgan fingerprint density at radius 1 is 1.16 bits per heavy atom. The van der Waals surface area contributed by atoms with Gasteiger partial charge in [0.05, 0.1) is 18.3 Å². The van der Waals surface area contributed by atoms with Crippen molar-refractivity contribution in [2.45, 2.75) is 53.1 Å². The maximum atomic E-state index is 4.82. The molecule has 1 atom stereocenters. The molecule has 5 nitrogen and oxygen atoms in total. The third kappa shape index (κ3) is 4.84. The highest BCUT2D eigenvalue weighted by Gasteiger charge is 2.14. The molecule has 0 bridgehead atoms. The van der Waals surface area contributed by atoms with E-state index < -0.39 is 0 Å². The second-order valence-corrected chi connectivity index (χ2v) is 6.17. The normalized spacial score (nSPS) is 12.9. The smallest absolute Gasteiger partial charge is 0.192 e. The van der Waals surface area contributed by atoms with Crippen LogP contribution in [0.3, 0.4) is 0 Å². The first-order valence-electron chi connectivity index (χ1n) is 9.24. The van der Waals surface area contributed by atoms with Crippen molar-refractivity contribution in [3.05, 3.63) is 52.8 Å². The van der Waals surface area contributed by atoms with Crippen molar-refractivity contribution in [3.8, 4) is 0 Å². The number of hydrogen-bond donors (Lipinski definition) is 2. The Morgan fingerprint density at radius 2 is 1.88 bits per heavy atom. The summed E-state index contributed by atoms with van der Waals surface area (Å²) in [6, 6.07) is 10.6. The van der Waals surface area contributed by atoms with Crippen molar-refractivity contribution in [3.63, 3.8) is 0 Å². The number of aromatic nitrogens is 2. The van der Waals surface area contributed by atoms with Crippen molar-refractivity contribution in [1.29, 1.82) is 0 Å². The van der Waals surface area contributed by atoms with Gasteiger partial charge in [0.25, 0.3) is 0 Å². The molecule has 0 saturated carbocycles. The lowest BCUT2D eigenvalue weighted by atomic mass is 10.1. The SMILES string of the molecule is CCNC(=NCc1c(CC)nn(C)c1CC)NC(C)c1ccccc1. The van der Waals surface area contributed by atoms with Crippen LogP contribution in [-0.2, 0) is 26.4 Å². The average Bonchev–Trinajstić information content (AvgIpc) is 2.95. The Hall–Kier alpha value is -2.30. The van der Waals surface area contributed by atoms with Crippen LogP contribution in [0.5, 0.6) is 0 Å². The Morgan fingerprint density at radius 3 is 2.48 bits per heavy atom. The Bertz CT molecular complexity index is 688. The second-order valence-electron chi connectivity index (χ2n) is 6.17. The molecule has 2 N–H and O–H groups in total. The number of nitrogens with zero attached hydrogens (tertiary/aromatic N) is 3. The number of rotatable bonds is 7. The molecule has 0 aliphatic rings. The van der Waals surface area contributed by atoms with Crippen LogP contribution in [0.25, 0.3) is 0 Å². The van der Waals surface area contributed by atoms with E-state index in [1.807, 2.05) is 17.8 Å². The van der Waals surface area contributed by atoms with Gasteiger partial charge in [-0.3, -0.25) is 4.68 Å². The van der Waals surface area contributed by atoms with Crippen LogP contribution in [0, 0.1) is 0 Å². The summed E-state index contributed by atoms with van der Waals surface area (Å²) in [5.41, 5.74) is 4.93. The molecule has 136 valence electrons. The Kier molecular flexibility index (Phi) is 7.04. The van der Waals surface area contributed by atoms with Crippen molar-refractivity contribution >= 4 is 5.96 Å². The maximum Gasteiger partial charge on any atom is 0.192 e. The van der Waals surface area contributed by atoms with Gasteiger partial charge in [-0.15, -0.1) is 0 Å². The zero-order valence-electron chi connectivity index (χ0n) is 16.1. The lowest BCUT2D eigenvalue weighted by Gasteiger charge is -2.18. The fourth-order valence-electron chi connectivity index (χ4n) is 3.08. The van der Waals surface area contributed by atoms with E-state index in [4.69, 9.17) is 4.99 Å². The number of hydrogen-bond acceptors (Lipinski definition) is 2. The lowest BCUT2D eigenvalue weighted by molar-refractivity contribution is 0.685. The van der Waals surface area contributed by atoms with E-state index in [1.165, 1.54) is 16.8 Å². The van der Waals surface area contributed by atoms with E-state index >= 15 is 0 Å². The zero-order chi connectivity index (χ0) is 18.2. The molecule has 0 spiro atoms. The van der Waals surface area contributed by atoms with Crippen LogP contribution < -0.4 is 10.6 Å². The highest BCUT2D eigenvalue weighted by Crippen LogP contribution is 2.17. The van der Waals surface area contributed by atoms with Crippen molar-refractivity contribution in [2.24, 2.45) is 12.0 Å². The molecule has 0 fully saturated rings. The van der Waals surface area contributed by atoms with Gasteiger partial charge in [-0.1, -0.05) is 44.2 Å². The minimum Gasteiger partial charge on any atom is -0.357 e. The summed E-state index contributed by atoms with van der Waals surface area (Å²) in [4.78, 5) is 4.82. The highest BCUT2D eigenvalue weighted by molar-refractivity contribution is 5.80. The summed E-state index contributed by atoms with van der Waals surface area (Å²) in [5.74, 6) is 0.840. The van der Waals surface area contributed by atoms with Crippen molar-refractivity contribution in [2.75, 3.05) is 6.54 Å². The summed E-state index contributed by atoms with van der Waals surface area (Å²) < 4.78 is 2.00. The first kappa shape index (κ1) is 19.0. The minimum atomic E-state index is 0.198. The molecule has 0 radical (unpaired) electrons. The van der Waals surface area contributed by atoms with Crippen LogP contribution in [-0.4, -0.2) is 22.3 Å². The lowest BCUT2D eigenvalue weighted by Crippen LogP contribution is -2.38. The first-order valence-corrected chi connectivity index (χ1v) is 9.24. The Labute approximate surface area is 151 Å². The van der Waals surface area contributed by atoms with Crippen LogP contribution in [0.15, 0.2) is 35.3 Å². The molecule has 0 aliphatic carbocycles. The minimum absolute atomic E-state index is 0.198. The molecule has 1 aromatic carbocycles. The third-order valence-corrected chi connectivity index (χ3v) is 4.42. The predicted molar refractivity (Wildman–Crippen MR) is 105 cm³/mol. The van der Waals surface area contributed by atoms with Gasteiger partial charge in [-0.05, 0) is 32.3 Å². The van der Waals surface area contributed by atoms with Gasteiger partial charge < -0.3 is 10.6 Å². The van der Waals surface area contributed by atoms with Crippen LogP contribution in [0.4, 0.5) is 0 Å².